The zero-order valence-corrected chi connectivity index (χ0v) is 14.0. The maximum atomic E-state index is 12.2. The van der Waals surface area contributed by atoms with Crippen LogP contribution in [0.4, 0.5) is 11.4 Å². The minimum Gasteiger partial charge on any atom is -0.325 e. The van der Waals surface area contributed by atoms with E-state index in [0.717, 1.165) is 16.1 Å². The molecule has 0 saturated carbocycles. The second kappa shape index (κ2) is 7.28. The third-order valence-corrected chi connectivity index (χ3v) is 4.62. The number of nitrogens with one attached hydrogen (secondary N) is 1. The molecule has 0 spiro atoms. The Kier molecular flexibility index (Phi) is 5.39. The maximum Gasteiger partial charge on any atom is 0.269 e. The van der Waals surface area contributed by atoms with Crippen molar-refractivity contribution in [3.8, 4) is 0 Å². The molecule has 6 heteroatoms. The Labute approximate surface area is 139 Å². The van der Waals surface area contributed by atoms with Gasteiger partial charge in [-0.25, -0.2) is 0 Å². The first-order chi connectivity index (χ1) is 10.9. The van der Waals surface area contributed by atoms with Gasteiger partial charge >= 0.3 is 0 Å². The first-order valence-corrected chi connectivity index (χ1v) is 8.04. The van der Waals surface area contributed by atoms with Crippen LogP contribution < -0.4 is 5.32 Å². The molecule has 120 valence electrons. The van der Waals surface area contributed by atoms with E-state index in [1.54, 1.807) is 12.1 Å². The zero-order chi connectivity index (χ0) is 17.0. The zero-order valence-electron chi connectivity index (χ0n) is 13.2. The second-order valence-corrected chi connectivity index (χ2v) is 6.71. The molecular weight excluding hydrogens is 312 g/mol. The summed E-state index contributed by atoms with van der Waals surface area (Å²) >= 11 is 1.36. The highest BCUT2D eigenvalue weighted by Gasteiger charge is 2.15. The smallest absolute Gasteiger partial charge is 0.269 e. The lowest BCUT2D eigenvalue weighted by Gasteiger charge is -2.13. The van der Waals surface area contributed by atoms with E-state index in [1.165, 1.54) is 29.5 Å². The lowest BCUT2D eigenvalue weighted by atomic mass is 10.1. The summed E-state index contributed by atoms with van der Waals surface area (Å²) < 4.78 is 0. The van der Waals surface area contributed by atoms with Crippen LogP contribution in [0.1, 0.15) is 18.1 Å². The first kappa shape index (κ1) is 17.0. The Hall–Kier alpha value is -2.34. The van der Waals surface area contributed by atoms with Gasteiger partial charge in [-0.15, -0.1) is 11.8 Å². The Morgan fingerprint density at radius 3 is 2.35 bits per heavy atom. The first-order valence-electron chi connectivity index (χ1n) is 7.16. The summed E-state index contributed by atoms with van der Waals surface area (Å²) in [7, 11) is 0. The number of anilines is 1. The van der Waals surface area contributed by atoms with Gasteiger partial charge < -0.3 is 5.32 Å². The van der Waals surface area contributed by atoms with Gasteiger partial charge in [-0.3, -0.25) is 14.9 Å². The molecule has 0 aliphatic carbocycles. The van der Waals surface area contributed by atoms with Crippen LogP contribution >= 0.6 is 11.8 Å². The molecule has 0 aliphatic rings. The number of nitrogens with zero attached hydrogens (tertiary/aromatic N) is 1. The van der Waals surface area contributed by atoms with Gasteiger partial charge in [0.05, 0.1) is 10.2 Å². The minimum absolute atomic E-state index is 0.0431. The maximum absolute atomic E-state index is 12.2. The van der Waals surface area contributed by atoms with E-state index in [4.69, 9.17) is 0 Å². The fourth-order valence-electron chi connectivity index (χ4n) is 1.97. The number of aryl methyl sites for hydroxylation is 2. The van der Waals surface area contributed by atoms with Crippen molar-refractivity contribution in [3.05, 3.63) is 63.7 Å². The van der Waals surface area contributed by atoms with E-state index >= 15 is 0 Å². The van der Waals surface area contributed by atoms with Gasteiger partial charge in [-0.05, 0) is 56.2 Å². The van der Waals surface area contributed by atoms with Crippen LogP contribution in [-0.2, 0) is 4.79 Å². The third kappa shape index (κ3) is 4.56. The third-order valence-electron chi connectivity index (χ3n) is 3.50. The highest BCUT2D eigenvalue weighted by Crippen LogP contribution is 2.26. The van der Waals surface area contributed by atoms with E-state index < -0.39 is 4.92 Å². The molecule has 0 fully saturated rings. The number of thioether (sulfide) groups is 1. The molecule has 2 rings (SSSR count). The summed E-state index contributed by atoms with van der Waals surface area (Å²) in [6.45, 7) is 5.83. The molecule has 5 nitrogen and oxygen atoms in total. The molecule has 2 aromatic rings. The van der Waals surface area contributed by atoms with Crippen LogP contribution in [0.15, 0.2) is 47.4 Å². The van der Waals surface area contributed by atoms with Crippen molar-refractivity contribution in [3.63, 3.8) is 0 Å². The highest BCUT2D eigenvalue weighted by atomic mass is 32.2. The Bertz CT molecular complexity index is 729. The standard InChI is InChI=1S/C17H18N2O3S/c1-11-4-5-14(10-12(11)2)18-17(20)13(3)23-16-8-6-15(7-9-16)19(21)22/h4-10,13H,1-3H3,(H,18,20)/t13-/m1/s1. The summed E-state index contributed by atoms with van der Waals surface area (Å²) in [6.07, 6.45) is 0. The topological polar surface area (TPSA) is 72.2 Å². The molecule has 0 unspecified atom stereocenters. The summed E-state index contributed by atoms with van der Waals surface area (Å²) in [5.41, 5.74) is 3.12. The molecule has 1 atom stereocenters. The van der Waals surface area contributed by atoms with Crippen LogP contribution in [0, 0.1) is 24.0 Å². The van der Waals surface area contributed by atoms with E-state index in [-0.39, 0.29) is 16.8 Å². The van der Waals surface area contributed by atoms with Crippen molar-refractivity contribution in [2.24, 2.45) is 0 Å². The van der Waals surface area contributed by atoms with Crippen LogP contribution in [0.2, 0.25) is 0 Å². The van der Waals surface area contributed by atoms with Gasteiger partial charge in [0.15, 0.2) is 0 Å². The fraction of sp³-hybridized carbons (Fsp3) is 0.235. The van der Waals surface area contributed by atoms with E-state index in [2.05, 4.69) is 5.32 Å². The molecule has 0 aliphatic heterocycles. The number of hydrogen-bond acceptors (Lipinski definition) is 4. The monoisotopic (exact) mass is 330 g/mol. The Morgan fingerprint density at radius 1 is 1.13 bits per heavy atom. The predicted molar refractivity (Wildman–Crippen MR) is 93.0 cm³/mol. The molecule has 23 heavy (non-hydrogen) atoms. The number of benzene rings is 2. The summed E-state index contributed by atoms with van der Waals surface area (Å²) in [6, 6.07) is 12.0. The SMILES string of the molecule is Cc1ccc(NC(=O)[C@@H](C)Sc2ccc([N+](=O)[O-])cc2)cc1C. The Balaban J connectivity index is 1.99. The number of rotatable bonds is 5. The van der Waals surface area contributed by atoms with Crippen molar-refractivity contribution in [1.82, 2.24) is 0 Å². The molecule has 1 amide bonds. The minimum atomic E-state index is -0.440. The number of carbonyl (C=O) groups is 1. The fourth-order valence-corrected chi connectivity index (χ4v) is 2.83. The summed E-state index contributed by atoms with van der Waals surface area (Å²) in [4.78, 5) is 23.3. The van der Waals surface area contributed by atoms with E-state index in [9.17, 15) is 14.9 Å². The largest absolute Gasteiger partial charge is 0.325 e. The average molecular weight is 330 g/mol. The van der Waals surface area contributed by atoms with Gasteiger partial charge in [-0.1, -0.05) is 6.07 Å². The molecule has 0 bridgehead atoms. The molecule has 0 saturated heterocycles. The lowest BCUT2D eigenvalue weighted by molar-refractivity contribution is -0.384. The average Bonchev–Trinajstić information content (AvgIpc) is 2.51. The normalized spacial score (nSPS) is 11.8. The number of non-ortho nitro benzene ring substituents is 1. The van der Waals surface area contributed by atoms with Gasteiger partial charge in [0.25, 0.3) is 5.69 Å². The number of carbonyl (C=O) groups excluding carboxylic acids is 1. The number of nitro benzene ring substituents is 1. The molecule has 1 N–H and O–H groups in total. The molecular formula is C17H18N2O3S. The number of amides is 1. The van der Waals surface area contributed by atoms with Gasteiger partial charge in [-0.2, -0.15) is 0 Å². The van der Waals surface area contributed by atoms with Crippen LogP contribution in [0.25, 0.3) is 0 Å². The van der Waals surface area contributed by atoms with Crippen molar-refractivity contribution < 1.29 is 9.72 Å². The molecule has 0 radical (unpaired) electrons. The van der Waals surface area contributed by atoms with Crippen molar-refractivity contribution >= 4 is 29.0 Å². The quantitative estimate of drug-likeness (QED) is 0.503. The molecule has 0 heterocycles. The van der Waals surface area contributed by atoms with Crippen LogP contribution in [0.5, 0.6) is 0 Å². The van der Waals surface area contributed by atoms with Crippen LogP contribution in [-0.4, -0.2) is 16.1 Å². The lowest BCUT2D eigenvalue weighted by Crippen LogP contribution is -2.22. The van der Waals surface area contributed by atoms with E-state index in [0.29, 0.717) is 0 Å². The highest BCUT2D eigenvalue weighted by molar-refractivity contribution is 8.00. The van der Waals surface area contributed by atoms with Crippen LogP contribution in [0.3, 0.4) is 0 Å². The second-order valence-electron chi connectivity index (χ2n) is 5.30. The van der Waals surface area contributed by atoms with E-state index in [1.807, 2.05) is 39.0 Å². The summed E-state index contributed by atoms with van der Waals surface area (Å²) in [5, 5.41) is 13.2. The van der Waals surface area contributed by atoms with Gasteiger partial charge in [0.2, 0.25) is 5.91 Å². The summed E-state index contributed by atoms with van der Waals surface area (Å²) in [5.74, 6) is -0.100. The number of hydrogen-bond donors (Lipinski definition) is 1. The van der Waals surface area contributed by atoms with Gasteiger partial charge in [0, 0.05) is 22.7 Å². The van der Waals surface area contributed by atoms with Crippen molar-refractivity contribution in [2.45, 2.75) is 30.9 Å². The Morgan fingerprint density at radius 2 is 1.78 bits per heavy atom. The van der Waals surface area contributed by atoms with Crippen molar-refractivity contribution in [1.29, 1.82) is 0 Å². The van der Waals surface area contributed by atoms with Gasteiger partial charge in [0.1, 0.15) is 0 Å². The molecule has 2 aromatic carbocycles. The van der Waals surface area contributed by atoms with Crippen molar-refractivity contribution in [2.75, 3.05) is 5.32 Å². The predicted octanol–water partition coefficient (Wildman–Crippen LogP) is 4.33. The number of nitro groups is 1. The molecule has 0 aromatic heterocycles.